The minimum absolute atomic E-state index is 0.0664. The number of nitrogens with two attached hydrogens (primary N) is 1. The fourth-order valence-corrected chi connectivity index (χ4v) is 2.62. The van der Waals surface area contributed by atoms with E-state index in [-0.39, 0.29) is 6.61 Å². The van der Waals surface area contributed by atoms with Crippen LogP contribution in [0.1, 0.15) is 96.8 Å². The second-order valence-corrected chi connectivity index (χ2v) is 6.30. The highest BCUT2D eigenvalue weighted by Crippen LogP contribution is 2.10. The van der Waals surface area contributed by atoms with Crippen molar-refractivity contribution in [2.75, 3.05) is 6.61 Å². The predicted molar refractivity (Wildman–Crippen MR) is 98.8 cm³/mol. The van der Waals surface area contributed by atoms with Gasteiger partial charge in [0.15, 0.2) is 0 Å². The van der Waals surface area contributed by atoms with E-state index in [1.165, 1.54) is 77.0 Å². The lowest BCUT2D eigenvalue weighted by Crippen LogP contribution is -1.98. The zero-order valence-electron chi connectivity index (χ0n) is 14.9. The van der Waals surface area contributed by atoms with Gasteiger partial charge in [0.2, 0.25) is 0 Å². The monoisotopic (exact) mass is 309 g/mol. The first kappa shape index (κ1) is 21.2. The standard InChI is InChI=1S/C20H39NO/c1-2-3-4-5-6-7-8-9-10-11-12-13-14-15-16-17-20(21)18-19-22/h9-10,18,22H,2-8,11-17,19,21H2,1H3/b10-9-,20-18?. The number of hydrogen-bond acceptors (Lipinski definition) is 2. The van der Waals surface area contributed by atoms with Crippen molar-refractivity contribution in [3.05, 3.63) is 23.9 Å². The van der Waals surface area contributed by atoms with E-state index in [0.29, 0.717) is 0 Å². The maximum atomic E-state index is 8.70. The van der Waals surface area contributed by atoms with Crippen molar-refractivity contribution in [1.82, 2.24) is 0 Å². The average Bonchev–Trinajstić information content (AvgIpc) is 2.51. The zero-order chi connectivity index (χ0) is 16.3. The molecule has 0 amide bonds. The normalized spacial score (nSPS) is 12.4. The molecule has 2 nitrogen and oxygen atoms in total. The molecule has 0 aliphatic carbocycles. The number of hydrogen-bond donors (Lipinski definition) is 2. The molecule has 0 aromatic carbocycles. The van der Waals surface area contributed by atoms with Gasteiger partial charge in [0.25, 0.3) is 0 Å². The Labute approximate surface area is 138 Å². The van der Waals surface area contributed by atoms with Crippen molar-refractivity contribution in [3.8, 4) is 0 Å². The Kier molecular flexibility index (Phi) is 17.7. The summed E-state index contributed by atoms with van der Waals surface area (Å²) in [5.74, 6) is 0. The van der Waals surface area contributed by atoms with Crippen LogP contribution in [0.5, 0.6) is 0 Å². The molecule has 0 aliphatic rings. The van der Waals surface area contributed by atoms with E-state index in [0.717, 1.165) is 18.5 Å². The van der Waals surface area contributed by atoms with Crippen LogP contribution in [0.15, 0.2) is 23.9 Å². The quantitative estimate of drug-likeness (QED) is 0.277. The van der Waals surface area contributed by atoms with Crippen LogP contribution in [0.25, 0.3) is 0 Å². The molecule has 0 atom stereocenters. The lowest BCUT2D eigenvalue weighted by molar-refractivity contribution is 0.341. The predicted octanol–water partition coefficient (Wildman–Crippen LogP) is 5.86. The van der Waals surface area contributed by atoms with Gasteiger partial charge in [-0.2, -0.15) is 0 Å². The molecule has 0 aromatic rings. The van der Waals surface area contributed by atoms with Crippen LogP contribution in [0.4, 0.5) is 0 Å². The molecule has 2 heteroatoms. The summed E-state index contributed by atoms with van der Waals surface area (Å²) in [6, 6.07) is 0. The van der Waals surface area contributed by atoms with E-state index in [9.17, 15) is 0 Å². The first-order valence-corrected chi connectivity index (χ1v) is 9.51. The van der Waals surface area contributed by atoms with Gasteiger partial charge >= 0.3 is 0 Å². The van der Waals surface area contributed by atoms with Crippen LogP contribution in [0.2, 0.25) is 0 Å². The third-order valence-corrected chi connectivity index (χ3v) is 4.08. The Bertz CT molecular complexity index is 271. The molecule has 0 heterocycles. The summed E-state index contributed by atoms with van der Waals surface area (Å²) in [6.07, 6.45) is 24.6. The third kappa shape index (κ3) is 17.3. The van der Waals surface area contributed by atoms with Crippen LogP contribution < -0.4 is 5.73 Å². The molecular formula is C20H39NO. The van der Waals surface area contributed by atoms with Gasteiger partial charge in [-0.05, 0) is 44.6 Å². The minimum Gasteiger partial charge on any atom is -0.402 e. The Morgan fingerprint density at radius 1 is 0.773 bits per heavy atom. The fourth-order valence-electron chi connectivity index (χ4n) is 2.62. The summed E-state index contributed by atoms with van der Waals surface area (Å²) >= 11 is 0. The second kappa shape index (κ2) is 18.3. The van der Waals surface area contributed by atoms with E-state index in [1.54, 1.807) is 6.08 Å². The van der Waals surface area contributed by atoms with Crippen LogP contribution in [-0.4, -0.2) is 11.7 Å². The van der Waals surface area contributed by atoms with E-state index in [1.807, 2.05) is 0 Å². The van der Waals surface area contributed by atoms with E-state index in [2.05, 4.69) is 19.1 Å². The van der Waals surface area contributed by atoms with Gasteiger partial charge < -0.3 is 10.8 Å². The van der Waals surface area contributed by atoms with Crippen LogP contribution in [-0.2, 0) is 0 Å². The first-order chi connectivity index (χ1) is 10.8. The summed E-state index contributed by atoms with van der Waals surface area (Å²) in [6.45, 7) is 2.34. The van der Waals surface area contributed by atoms with Crippen molar-refractivity contribution in [2.45, 2.75) is 96.8 Å². The topological polar surface area (TPSA) is 46.2 Å². The lowest BCUT2D eigenvalue weighted by atomic mass is 10.1. The van der Waals surface area contributed by atoms with Gasteiger partial charge in [0.1, 0.15) is 0 Å². The van der Waals surface area contributed by atoms with Crippen LogP contribution in [0, 0.1) is 0 Å². The fraction of sp³-hybridized carbons (Fsp3) is 0.800. The molecule has 3 N–H and O–H groups in total. The summed E-state index contributed by atoms with van der Waals surface area (Å²) in [5.41, 5.74) is 6.56. The van der Waals surface area contributed by atoms with Crippen LogP contribution >= 0.6 is 0 Å². The molecule has 0 aromatic heterocycles. The Hall–Kier alpha value is -0.760. The van der Waals surface area contributed by atoms with E-state index >= 15 is 0 Å². The van der Waals surface area contributed by atoms with Crippen molar-refractivity contribution in [3.63, 3.8) is 0 Å². The van der Waals surface area contributed by atoms with Crippen molar-refractivity contribution in [2.24, 2.45) is 5.73 Å². The second-order valence-electron chi connectivity index (χ2n) is 6.30. The molecule has 0 aliphatic heterocycles. The SMILES string of the molecule is CCCCCCCC/C=C\CCCCCCCC(N)=CCO. The van der Waals surface area contributed by atoms with Gasteiger partial charge in [-0.15, -0.1) is 0 Å². The molecule has 22 heavy (non-hydrogen) atoms. The number of rotatable bonds is 16. The van der Waals surface area contributed by atoms with Gasteiger partial charge in [-0.3, -0.25) is 0 Å². The number of aliphatic hydroxyl groups is 1. The summed E-state index contributed by atoms with van der Waals surface area (Å²) < 4.78 is 0. The zero-order valence-corrected chi connectivity index (χ0v) is 14.9. The minimum atomic E-state index is 0.0664. The molecular weight excluding hydrogens is 270 g/mol. The van der Waals surface area contributed by atoms with Gasteiger partial charge in [0, 0.05) is 5.70 Å². The summed E-state index contributed by atoms with van der Waals surface area (Å²) in [4.78, 5) is 0. The average molecular weight is 310 g/mol. The Balaban J connectivity index is 3.16. The number of unbranched alkanes of at least 4 members (excludes halogenated alkanes) is 11. The maximum absolute atomic E-state index is 8.70. The van der Waals surface area contributed by atoms with E-state index < -0.39 is 0 Å². The third-order valence-electron chi connectivity index (χ3n) is 4.08. The first-order valence-electron chi connectivity index (χ1n) is 9.51. The smallest absolute Gasteiger partial charge is 0.0631 e. The molecule has 0 unspecified atom stereocenters. The van der Waals surface area contributed by atoms with Gasteiger partial charge in [-0.25, -0.2) is 0 Å². The molecule has 0 saturated heterocycles. The number of allylic oxidation sites excluding steroid dienone is 3. The molecule has 0 saturated carbocycles. The number of aliphatic hydroxyl groups excluding tert-OH is 1. The van der Waals surface area contributed by atoms with Gasteiger partial charge in [-0.1, -0.05) is 70.4 Å². The van der Waals surface area contributed by atoms with E-state index in [4.69, 9.17) is 10.8 Å². The molecule has 130 valence electrons. The molecule has 0 bridgehead atoms. The van der Waals surface area contributed by atoms with Gasteiger partial charge in [0.05, 0.1) is 6.61 Å². The Morgan fingerprint density at radius 2 is 1.27 bits per heavy atom. The highest BCUT2D eigenvalue weighted by molar-refractivity contribution is 4.95. The largest absolute Gasteiger partial charge is 0.402 e. The molecule has 0 fully saturated rings. The van der Waals surface area contributed by atoms with Crippen molar-refractivity contribution in [1.29, 1.82) is 0 Å². The Morgan fingerprint density at radius 3 is 1.82 bits per heavy atom. The molecule has 0 rings (SSSR count). The maximum Gasteiger partial charge on any atom is 0.0631 e. The lowest BCUT2D eigenvalue weighted by Gasteiger charge is -2.01. The molecule has 0 radical (unpaired) electrons. The summed E-state index contributed by atoms with van der Waals surface area (Å²) in [7, 11) is 0. The van der Waals surface area contributed by atoms with Crippen molar-refractivity contribution < 1.29 is 5.11 Å². The van der Waals surface area contributed by atoms with Crippen LogP contribution in [0.3, 0.4) is 0 Å². The van der Waals surface area contributed by atoms with Crippen molar-refractivity contribution >= 4 is 0 Å². The molecule has 0 spiro atoms. The highest BCUT2D eigenvalue weighted by atomic mass is 16.2. The highest BCUT2D eigenvalue weighted by Gasteiger charge is 1.93. The summed E-state index contributed by atoms with van der Waals surface area (Å²) in [5, 5.41) is 8.70.